The van der Waals surface area contributed by atoms with E-state index in [2.05, 4.69) is 97.7 Å². The summed E-state index contributed by atoms with van der Waals surface area (Å²) in [5.41, 5.74) is 6.75. The van der Waals surface area contributed by atoms with Crippen molar-refractivity contribution in [1.82, 2.24) is 5.32 Å². The Bertz CT molecular complexity index is 1400. The van der Waals surface area contributed by atoms with Crippen molar-refractivity contribution < 1.29 is 0 Å². The van der Waals surface area contributed by atoms with Crippen molar-refractivity contribution in [1.29, 1.82) is 5.26 Å². The van der Waals surface area contributed by atoms with Gasteiger partial charge in [0.25, 0.3) is 0 Å². The van der Waals surface area contributed by atoms with Gasteiger partial charge in [0.05, 0.1) is 0 Å². The van der Waals surface area contributed by atoms with E-state index >= 15 is 0 Å². The molecule has 0 heterocycles. The summed E-state index contributed by atoms with van der Waals surface area (Å²) in [6.07, 6.45) is 11.7. The highest BCUT2D eigenvalue weighted by Crippen LogP contribution is 2.42. The Morgan fingerprint density at radius 2 is 1.39 bits per heavy atom. The summed E-state index contributed by atoms with van der Waals surface area (Å²) in [5, 5.41) is 16.4. The van der Waals surface area contributed by atoms with Gasteiger partial charge < -0.3 is 0 Å². The van der Waals surface area contributed by atoms with E-state index in [0.29, 0.717) is 0 Å². The number of nitriles is 1. The van der Waals surface area contributed by atoms with Crippen LogP contribution < -0.4 is 5.32 Å². The number of nitrogens with one attached hydrogen (secondary N) is 1. The fourth-order valence-corrected chi connectivity index (χ4v) is 4.46. The lowest BCUT2D eigenvalue weighted by Crippen LogP contribution is -1.95. The first kappa shape index (κ1) is 21.9. The maximum atomic E-state index is 8.88. The number of benzene rings is 4. The zero-order chi connectivity index (χ0) is 23.2. The third-order valence-electron chi connectivity index (χ3n) is 5.90. The molecule has 0 atom stereocenters. The maximum Gasteiger partial charge on any atom is 0.180 e. The van der Waals surface area contributed by atoms with E-state index in [-0.39, 0.29) is 0 Å². The zero-order valence-electron chi connectivity index (χ0n) is 19.0. The summed E-state index contributed by atoms with van der Waals surface area (Å²) in [6, 6.07) is 25.7. The van der Waals surface area contributed by atoms with Gasteiger partial charge in [0, 0.05) is 6.20 Å². The summed E-state index contributed by atoms with van der Waals surface area (Å²) in [5.74, 6) is 0. The summed E-state index contributed by atoms with van der Waals surface area (Å²) in [7, 11) is 0. The quantitative estimate of drug-likeness (QED) is 0.146. The van der Waals surface area contributed by atoms with Crippen LogP contribution >= 0.6 is 0 Å². The van der Waals surface area contributed by atoms with Crippen LogP contribution in [0.25, 0.3) is 43.8 Å². The van der Waals surface area contributed by atoms with E-state index in [1.807, 2.05) is 31.3 Å². The Morgan fingerprint density at radius 1 is 0.818 bits per heavy atom. The molecule has 0 radical (unpaired) electrons. The number of hydrogen-bond acceptors (Lipinski definition) is 2. The molecule has 0 aliphatic heterocycles. The third-order valence-corrected chi connectivity index (χ3v) is 5.90. The van der Waals surface area contributed by atoms with E-state index in [0.717, 1.165) is 22.3 Å². The molecule has 0 aliphatic rings. The monoisotopic (exact) mass is 426 g/mol. The van der Waals surface area contributed by atoms with Crippen LogP contribution in [0.3, 0.4) is 0 Å². The van der Waals surface area contributed by atoms with Gasteiger partial charge in [-0.2, -0.15) is 5.26 Å². The van der Waals surface area contributed by atoms with Crippen LogP contribution in [0.5, 0.6) is 0 Å². The largest absolute Gasteiger partial charge is 0.299 e. The molecule has 0 saturated heterocycles. The summed E-state index contributed by atoms with van der Waals surface area (Å²) in [6.45, 7) is 8.09. The van der Waals surface area contributed by atoms with Crippen molar-refractivity contribution in [3.05, 3.63) is 121 Å². The van der Waals surface area contributed by atoms with Crippen LogP contribution in [-0.2, 0) is 0 Å². The van der Waals surface area contributed by atoms with Gasteiger partial charge in [0.2, 0.25) is 0 Å². The zero-order valence-corrected chi connectivity index (χ0v) is 19.0. The van der Waals surface area contributed by atoms with Gasteiger partial charge in [-0.3, -0.25) is 5.32 Å². The summed E-state index contributed by atoms with van der Waals surface area (Å²) >= 11 is 0. The Kier molecular flexibility index (Phi) is 6.53. The van der Waals surface area contributed by atoms with Crippen LogP contribution in [0.15, 0.2) is 110 Å². The Hall–Kier alpha value is -4.35. The van der Waals surface area contributed by atoms with Crippen LogP contribution in [0.2, 0.25) is 0 Å². The van der Waals surface area contributed by atoms with Gasteiger partial charge in [0.1, 0.15) is 0 Å². The van der Waals surface area contributed by atoms with Crippen molar-refractivity contribution in [2.75, 3.05) is 0 Å². The highest BCUT2D eigenvalue weighted by molar-refractivity contribution is 6.19. The minimum Gasteiger partial charge on any atom is -0.299 e. The minimum atomic E-state index is 0.958. The molecule has 0 aromatic heterocycles. The molecule has 4 rings (SSSR count). The first-order valence-corrected chi connectivity index (χ1v) is 11.0. The number of rotatable bonds is 6. The molecule has 0 bridgehead atoms. The van der Waals surface area contributed by atoms with Gasteiger partial charge in [-0.15, -0.1) is 0 Å². The van der Waals surface area contributed by atoms with Gasteiger partial charge in [-0.25, -0.2) is 0 Å². The van der Waals surface area contributed by atoms with Gasteiger partial charge >= 0.3 is 0 Å². The molecule has 0 spiro atoms. The molecule has 0 saturated carbocycles. The van der Waals surface area contributed by atoms with Gasteiger partial charge in [-0.1, -0.05) is 104 Å². The molecule has 0 aliphatic carbocycles. The molecule has 2 heteroatoms. The van der Waals surface area contributed by atoms with Crippen LogP contribution in [-0.4, -0.2) is 0 Å². The molecule has 0 unspecified atom stereocenters. The predicted octanol–water partition coefficient (Wildman–Crippen LogP) is 8.24. The predicted molar refractivity (Wildman–Crippen MR) is 142 cm³/mol. The molecule has 2 nitrogen and oxygen atoms in total. The smallest absolute Gasteiger partial charge is 0.180 e. The lowest BCUT2D eigenvalue weighted by atomic mass is 9.85. The highest BCUT2D eigenvalue weighted by Gasteiger charge is 2.16. The van der Waals surface area contributed by atoms with Gasteiger partial charge in [0.15, 0.2) is 6.19 Å². The molecule has 0 fully saturated rings. The molecule has 33 heavy (non-hydrogen) atoms. The first-order valence-electron chi connectivity index (χ1n) is 11.0. The Morgan fingerprint density at radius 3 is 1.88 bits per heavy atom. The van der Waals surface area contributed by atoms with Crippen LogP contribution in [0, 0.1) is 11.5 Å². The lowest BCUT2D eigenvalue weighted by molar-refractivity contribution is 1.20. The van der Waals surface area contributed by atoms with Crippen LogP contribution in [0.1, 0.15) is 25.0 Å². The maximum absolute atomic E-state index is 8.88. The fourth-order valence-electron chi connectivity index (χ4n) is 4.46. The van der Waals surface area contributed by atoms with Gasteiger partial charge in [-0.05, 0) is 68.8 Å². The summed E-state index contributed by atoms with van der Waals surface area (Å²) < 4.78 is 0. The SMILES string of the molecule is C=C/C(=C\C)c1c2ccccc2c(-c2ccc(C(/C=C\C)=C/NC#N)cc2)c2ccccc12. The molecule has 160 valence electrons. The Labute approximate surface area is 195 Å². The van der Waals surface area contributed by atoms with E-state index in [4.69, 9.17) is 5.26 Å². The van der Waals surface area contributed by atoms with Crippen molar-refractivity contribution in [2.45, 2.75) is 13.8 Å². The second-order valence-corrected chi connectivity index (χ2v) is 7.72. The molecule has 1 N–H and O–H groups in total. The van der Waals surface area contributed by atoms with Crippen molar-refractivity contribution in [3.63, 3.8) is 0 Å². The minimum absolute atomic E-state index is 0.958. The molecule has 4 aromatic rings. The molecular weight excluding hydrogens is 400 g/mol. The normalized spacial score (nSPS) is 12.3. The second kappa shape index (κ2) is 9.85. The van der Waals surface area contributed by atoms with Crippen molar-refractivity contribution in [3.8, 4) is 17.3 Å². The Balaban J connectivity index is 2.00. The van der Waals surface area contributed by atoms with E-state index in [1.54, 1.807) is 6.20 Å². The summed E-state index contributed by atoms with van der Waals surface area (Å²) in [4.78, 5) is 0. The first-order chi connectivity index (χ1) is 16.2. The lowest BCUT2D eigenvalue weighted by Gasteiger charge is -2.18. The third kappa shape index (κ3) is 4.10. The molecule has 4 aromatic carbocycles. The number of nitrogens with zero attached hydrogens (tertiary/aromatic N) is 1. The van der Waals surface area contributed by atoms with E-state index < -0.39 is 0 Å². The second-order valence-electron chi connectivity index (χ2n) is 7.72. The number of allylic oxidation sites excluding steroid dienone is 6. The highest BCUT2D eigenvalue weighted by atomic mass is 14.8. The molecular formula is C31H26N2. The standard InChI is InChI=1S/C31H26N2/c1-4-11-25(20-33-21-32)23-16-18-24(19-17-23)31-28-14-9-7-12-26(28)30(22(5-2)6-3)27-13-8-10-15-29(27)31/h4-20,33H,2H2,1,3H3/b11-4-,22-6+,25-20+. The average Bonchev–Trinajstić information content (AvgIpc) is 2.87. The van der Waals surface area contributed by atoms with Crippen LogP contribution in [0.4, 0.5) is 0 Å². The van der Waals surface area contributed by atoms with Crippen molar-refractivity contribution >= 4 is 32.7 Å². The van der Waals surface area contributed by atoms with E-state index in [1.165, 1.54) is 32.7 Å². The average molecular weight is 427 g/mol. The van der Waals surface area contributed by atoms with Crippen molar-refractivity contribution in [2.24, 2.45) is 0 Å². The topological polar surface area (TPSA) is 35.8 Å². The molecule has 0 amide bonds. The fraction of sp³-hybridized carbons (Fsp3) is 0.0645. The number of hydrogen-bond donors (Lipinski definition) is 1. The number of fused-ring (bicyclic) bond motifs is 2. The van der Waals surface area contributed by atoms with E-state index in [9.17, 15) is 0 Å².